The predicted octanol–water partition coefficient (Wildman–Crippen LogP) is -0.599. The molecule has 4 aliphatic heterocycles. The van der Waals surface area contributed by atoms with Gasteiger partial charge in [-0.05, 0) is 19.8 Å². The number of aliphatic hydroxyl groups excluding tert-OH is 1. The lowest BCUT2D eigenvalue weighted by molar-refractivity contribution is -0.163. The maximum atomic E-state index is 12.9. The molecule has 0 bridgehead atoms. The second-order valence-electron chi connectivity index (χ2n) is 8.79. The van der Waals surface area contributed by atoms with Crippen molar-refractivity contribution in [2.24, 2.45) is 11.8 Å². The number of carbonyl (C=O) groups excluding carboxylic acids is 2. The third kappa shape index (κ3) is 3.72. The lowest BCUT2D eigenvalue weighted by Crippen LogP contribution is -2.63. The molecule has 4 rings (SSSR count). The van der Waals surface area contributed by atoms with Gasteiger partial charge in [0.2, 0.25) is 11.8 Å². The Hall–Kier alpha value is -2.11. The van der Waals surface area contributed by atoms with Crippen molar-refractivity contribution in [3.63, 3.8) is 0 Å². The highest BCUT2D eigenvalue weighted by Gasteiger charge is 2.60. The summed E-state index contributed by atoms with van der Waals surface area (Å²) in [7, 11) is 0. The average molecular weight is 452 g/mol. The van der Waals surface area contributed by atoms with Gasteiger partial charge in [-0.2, -0.15) is 0 Å². The Kier molecular flexibility index (Phi) is 6.01. The Morgan fingerprint density at radius 3 is 2.81 bits per heavy atom. The number of hydrogen-bond donors (Lipinski definition) is 5. The van der Waals surface area contributed by atoms with Gasteiger partial charge < -0.3 is 30.6 Å². The van der Waals surface area contributed by atoms with Gasteiger partial charge in [-0.3, -0.25) is 15.0 Å². The van der Waals surface area contributed by atoms with Crippen molar-refractivity contribution in [2.75, 3.05) is 19.6 Å². The van der Waals surface area contributed by atoms with E-state index in [1.165, 1.54) is 16.7 Å². The molecule has 4 heterocycles. The molecule has 170 valence electrons. The van der Waals surface area contributed by atoms with Crippen LogP contribution in [0.4, 0.5) is 0 Å². The number of β-lactam (4-membered cyclic amide) rings is 1. The van der Waals surface area contributed by atoms with E-state index in [9.17, 15) is 24.6 Å². The lowest BCUT2D eigenvalue weighted by Gasteiger charge is -2.46. The summed E-state index contributed by atoms with van der Waals surface area (Å²) < 4.78 is 0. The summed E-state index contributed by atoms with van der Waals surface area (Å²) >= 11 is 1.44. The first-order chi connectivity index (χ1) is 14.7. The molecule has 31 heavy (non-hydrogen) atoms. The molecule has 7 atom stereocenters. The maximum Gasteiger partial charge on any atom is 0.353 e. The fourth-order valence-corrected chi connectivity index (χ4v) is 6.75. The van der Waals surface area contributed by atoms with Crippen LogP contribution in [0.2, 0.25) is 0 Å². The van der Waals surface area contributed by atoms with Gasteiger partial charge in [0.25, 0.3) is 0 Å². The monoisotopic (exact) mass is 451 g/mol. The third-order valence-corrected chi connectivity index (χ3v) is 8.32. The number of aliphatic carboxylic acids is 1. The van der Waals surface area contributed by atoms with Gasteiger partial charge in [-0.1, -0.05) is 6.92 Å². The molecule has 0 aromatic rings. The predicted molar refractivity (Wildman–Crippen MR) is 114 cm³/mol. The minimum absolute atomic E-state index is 0.0256. The Bertz CT molecular complexity index is 833. The van der Waals surface area contributed by atoms with Gasteiger partial charge in [0.05, 0.1) is 30.4 Å². The van der Waals surface area contributed by atoms with Gasteiger partial charge in [0.15, 0.2) is 0 Å². The molecule has 0 radical (unpaired) electrons. The molecule has 0 unspecified atom stereocenters. The summed E-state index contributed by atoms with van der Waals surface area (Å²) in [5, 5.41) is 33.1. The third-order valence-electron chi connectivity index (χ3n) is 6.81. The molecule has 0 aliphatic carbocycles. The zero-order valence-corrected chi connectivity index (χ0v) is 18.4. The number of aliphatic hydroxyl groups is 1. The molecule has 5 N–H and O–H groups in total. The average Bonchev–Trinajstić information content (AvgIpc) is 3.41. The molecular formula is C20H29N5O5S. The van der Waals surface area contributed by atoms with Gasteiger partial charge >= 0.3 is 5.97 Å². The van der Waals surface area contributed by atoms with Gasteiger partial charge in [0, 0.05) is 41.7 Å². The Labute approximate surface area is 184 Å². The Morgan fingerprint density at radius 2 is 2.16 bits per heavy atom. The molecule has 3 fully saturated rings. The molecular weight excluding hydrogens is 422 g/mol. The van der Waals surface area contributed by atoms with Crippen molar-refractivity contribution < 1.29 is 24.6 Å². The maximum absolute atomic E-state index is 12.9. The number of nitrogens with one attached hydrogen (secondary N) is 3. The van der Waals surface area contributed by atoms with E-state index in [0.29, 0.717) is 31.0 Å². The van der Waals surface area contributed by atoms with Crippen LogP contribution in [0.5, 0.6) is 0 Å². The van der Waals surface area contributed by atoms with E-state index in [2.05, 4.69) is 10.6 Å². The van der Waals surface area contributed by atoms with E-state index in [0.717, 1.165) is 12.8 Å². The quantitative estimate of drug-likeness (QED) is 0.196. The SMILES string of the molecule is C[C@@H](O)[C@H]1C(=O)N2C(C(=O)O)=C(S[C@@H]3CN[C@H](C(=O)N4CC[C@@H](NC=N)C4)C3)[C@H](C)[C@H]12. The lowest BCUT2D eigenvalue weighted by atomic mass is 9.79. The number of fused-ring (bicyclic) bond motifs is 1. The number of hydrogen-bond acceptors (Lipinski definition) is 7. The van der Waals surface area contributed by atoms with Crippen molar-refractivity contribution in [3.05, 3.63) is 10.6 Å². The topological polar surface area (TPSA) is 146 Å². The Balaban J connectivity index is 1.42. The molecule has 0 saturated carbocycles. The highest BCUT2D eigenvalue weighted by atomic mass is 32.2. The highest BCUT2D eigenvalue weighted by Crippen LogP contribution is 2.51. The Morgan fingerprint density at radius 1 is 1.42 bits per heavy atom. The molecule has 3 saturated heterocycles. The largest absolute Gasteiger partial charge is 0.477 e. The first-order valence-electron chi connectivity index (χ1n) is 10.7. The number of likely N-dealkylation sites (tertiary alicyclic amines) is 1. The summed E-state index contributed by atoms with van der Waals surface area (Å²) in [5.74, 6) is -2.17. The van der Waals surface area contributed by atoms with Crippen LogP contribution in [-0.4, -0.2) is 93.2 Å². The standard InChI is InChI=1S/C20H29N5O5S/c1-9-15-14(10(2)26)19(28)25(15)16(20(29)30)17(9)31-12-5-13(22-6-12)18(27)24-4-3-11(7-24)23-8-21/h8-15,22,26H,3-7H2,1-2H3,(H2,21,23)(H,29,30)/t9-,10-,11-,12+,13+,14-,15-/m1/s1. The zero-order chi connectivity index (χ0) is 22.4. The number of rotatable bonds is 7. The van der Waals surface area contributed by atoms with Crippen molar-refractivity contribution in [3.8, 4) is 0 Å². The van der Waals surface area contributed by atoms with Crippen LogP contribution in [-0.2, 0) is 14.4 Å². The van der Waals surface area contributed by atoms with E-state index < -0.39 is 18.0 Å². The minimum atomic E-state index is -1.13. The summed E-state index contributed by atoms with van der Waals surface area (Å²) in [6, 6.07) is -0.527. The minimum Gasteiger partial charge on any atom is -0.477 e. The second-order valence-corrected chi connectivity index (χ2v) is 10.1. The number of carbonyl (C=O) groups is 3. The smallest absolute Gasteiger partial charge is 0.353 e. The van der Waals surface area contributed by atoms with Gasteiger partial charge in [-0.25, -0.2) is 4.79 Å². The van der Waals surface area contributed by atoms with E-state index in [4.69, 9.17) is 5.41 Å². The van der Waals surface area contributed by atoms with Crippen LogP contribution in [0, 0.1) is 17.2 Å². The summed E-state index contributed by atoms with van der Waals surface area (Å²) in [6.07, 6.45) is 1.74. The van der Waals surface area contributed by atoms with E-state index in [1.54, 1.807) is 6.92 Å². The van der Waals surface area contributed by atoms with Crippen molar-refractivity contribution in [1.82, 2.24) is 20.4 Å². The number of amides is 2. The van der Waals surface area contributed by atoms with Crippen molar-refractivity contribution in [1.29, 1.82) is 5.41 Å². The second kappa shape index (κ2) is 8.44. The van der Waals surface area contributed by atoms with Crippen LogP contribution in [0.25, 0.3) is 0 Å². The van der Waals surface area contributed by atoms with E-state index >= 15 is 0 Å². The summed E-state index contributed by atoms with van der Waals surface area (Å²) in [6.45, 7) is 5.29. The van der Waals surface area contributed by atoms with Crippen LogP contribution < -0.4 is 10.6 Å². The first-order valence-corrected chi connectivity index (χ1v) is 11.5. The van der Waals surface area contributed by atoms with Crippen LogP contribution in [0.1, 0.15) is 26.7 Å². The molecule has 2 amide bonds. The fraction of sp³-hybridized carbons (Fsp3) is 0.700. The van der Waals surface area contributed by atoms with Gasteiger partial charge in [-0.15, -0.1) is 11.8 Å². The number of thioether (sulfide) groups is 1. The van der Waals surface area contributed by atoms with Crippen molar-refractivity contribution >= 4 is 35.9 Å². The zero-order valence-electron chi connectivity index (χ0n) is 17.6. The van der Waals surface area contributed by atoms with Crippen molar-refractivity contribution in [2.45, 2.75) is 56.2 Å². The van der Waals surface area contributed by atoms with E-state index in [-0.39, 0.29) is 46.8 Å². The summed E-state index contributed by atoms with van der Waals surface area (Å²) in [4.78, 5) is 41.1. The first kappa shape index (κ1) is 22.1. The van der Waals surface area contributed by atoms with Gasteiger partial charge in [0.1, 0.15) is 5.70 Å². The number of nitrogens with zero attached hydrogens (tertiary/aromatic N) is 2. The number of carboxylic acids is 1. The molecule has 4 aliphatic rings. The van der Waals surface area contributed by atoms with Crippen LogP contribution in [0.15, 0.2) is 10.6 Å². The van der Waals surface area contributed by atoms with Crippen LogP contribution in [0.3, 0.4) is 0 Å². The molecule has 0 aromatic heterocycles. The highest BCUT2D eigenvalue weighted by molar-refractivity contribution is 8.03. The normalized spacial score (nSPS) is 35.8. The fourth-order valence-electron chi connectivity index (χ4n) is 5.27. The van der Waals surface area contributed by atoms with Crippen LogP contribution >= 0.6 is 11.8 Å². The molecule has 0 aromatic carbocycles. The number of carboxylic acid groups (broad SMARTS) is 1. The molecule has 0 spiro atoms. The summed E-state index contributed by atoms with van der Waals surface area (Å²) in [5.41, 5.74) is 0.0271. The molecule has 10 nitrogen and oxygen atoms in total. The van der Waals surface area contributed by atoms with E-state index in [1.807, 2.05) is 11.8 Å². The molecule has 11 heteroatoms.